The van der Waals surface area contributed by atoms with Crippen LogP contribution in [-0.2, 0) is 11.3 Å². The van der Waals surface area contributed by atoms with Gasteiger partial charge in [0.25, 0.3) is 0 Å². The fraction of sp³-hybridized carbons (Fsp3) is 0.714. The van der Waals surface area contributed by atoms with E-state index in [4.69, 9.17) is 10.6 Å². The van der Waals surface area contributed by atoms with Gasteiger partial charge in [0.15, 0.2) is 5.82 Å². The molecular weight excluding hydrogens is 268 g/mol. The molecule has 0 bridgehead atoms. The SMILES string of the molecule is COCc1nc(NN)cc(N2CCN(CC3CC3)CC2)n1. The van der Waals surface area contributed by atoms with E-state index >= 15 is 0 Å². The maximum absolute atomic E-state index is 5.49. The molecule has 3 rings (SSSR count). The lowest BCUT2D eigenvalue weighted by atomic mass is 10.2. The molecule has 0 spiro atoms. The number of hydrazine groups is 1. The van der Waals surface area contributed by atoms with Gasteiger partial charge in [0.05, 0.1) is 0 Å². The van der Waals surface area contributed by atoms with Crippen LogP contribution >= 0.6 is 0 Å². The van der Waals surface area contributed by atoms with Gasteiger partial charge >= 0.3 is 0 Å². The largest absolute Gasteiger partial charge is 0.377 e. The Kier molecular flexibility index (Phi) is 4.52. The number of nitrogen functional groups attached to an aromatic ring is 1. The quantitative estimate of drug-likeness (QED) is 0.582. The van der Waals surface area contributed by atoms with Crippen molar-refractivity contribution < 1.29 is 4.74 Å². The third-order valence-corrected chi connectivity index (χ3v) is 4.09. The van der Waals surface area contributed by atoms with Crippen LogP contribution < -0.4 is 16.2 Å². The second-order valence-corrected chi connectivity index (χ2v) is 5.84. The third-order valence-electron chi connectivity index (χ3n) is 4.09. The topological polar surface area (TPSA) is 79.5 Å². The molecule has 0 unspecified atom stereocenters. The second-order valence-electron chi connectivity index (χ2n) is 5.84. The van der Waals surface area contributed by atoms with Crippen LogP contribution in [-0.4, -0.2) is 54.7 Å². The molecule has 116 valence electrons. The van der Waals surface area contributed by atoms with E-state index in [0.717, 1.165) is 37.9 Å². The summed E-state index contributed by atoms with van der Waals surface area (Å²) in [6.45, 7) is 5.86. The van der Waals surface area contributed by atoms with E-state index < -0.39 is 0 Å². The lowest BCUT2D eigenvalue weighted by Gasteiger charge is -2.35. The van der Waals surface area contributed by atoms with Crippen molar-refractivity contribution >= 4 is 11.6 Å². The van der Waals surface area contributed by atoms with E-state index in [1.54, 1.807) is 7.11 Å². The molecule has 2 fully saturated rings. The van der Waals surface area contributed by atoms with Gasteiger partial charge in [-0.1, -0.05) is 0 Å². The highest BCUT2D eigenvalue weighted by atomic mass is 16.5. The first-order valence-electron chi connectivity index (χ1n) is 7.59. The minimum absolute atomic E-state index is 0.393. The molecule has 0 radical (unpaired) electrons. The molecule has 3 N–H and O–H groups in total. The molecule has 0 atom stereocenters. The number of hydrogen-bond donors (Lipinski definition) is 2. The number of hydrogen-bond acceptors (Lipinski definition) is 7. The third kappa shape index (κ3) is 3.81. The fourth-order valence-electron chi connectivity index (χ4n) is 2.74. The molecule has 7 heteroatoms. The van der Waals surface area contributed by atoms with Crippen LogP contribution in [0.1, 0.15) is 18.7 Å². The first-order chi connectivity index (χ1) is 10.3. The van der Waals surface area contributed by atoms with E-state index in [0.29, 0.717) is 18.2 Å². The molecule has 2 aliphatic rings. The summed E-state index contributed by atoms with van der Waals surface area (Å²) >= 11 is 0. The van der Waals surface area contributed by atoms with Crippen LogP contribution in [0, 0.1) is 5.92 Å². The molecule has 1 aromatic rings. The van der Waals surface area contributed by atoms with Crippen LogP contribution in [0.3, 0.4) is 0 Å². The molecule has 2 heterocycles. The molecule has 1 aliphatic carbocycles. The summed E-state index contributed by atoms with van der Waals surface area (Å²) in [5.41, 5.74) is 2.60. The minimum atomic E-state index is 0.393. The van der Waals surface area contributed by atoms with Gasteiger partial charge in [0.1, 0.15) is 18.2 Å². The number of aromatic nitrogens is 2. The summed E-state index contributed by atoms with van der Waals surface area (Å²) in [4.78, 5) is 13.7. The summed E-state index contributed by atoms with van der Waals surface area (Å²) in [5, 5.41) is 0. The average molecular weight is 292 g/mol. The first-order valence-corrected chi connectivity index (χ1v) is 7.59. The Morgan fingerprint density at radius 1 is 1.29 bits per heavy atom. The maximum atomic E-state index is 5.49. The van der Waals surface area contributed by atoms with Crippen LogP contribution in [0.25, 0.3) is 0 Å². The molecule has 0 aromatic carbocycles. The molecule has 1 aromatic heterocycles. The van der Waals surface area contributed by atoms with Gasteiger partial charge < -0.3 is 15.1 Å². The number of methoxy groups -OCH3 is 1. The summed E-state index contributed by atoms with van der Waals surface area (Å²) in [6, 6.07) is 1.90. The second kappa shape index (κ2) is 6.55. The molecule has 1 saturated heterocycles. The average Bonchev–Trinajstić information content (AvgIpc) is 3.32. The van der Waals surface area contributed by atoms with Gasteiger partial charge in [-0.05, 0) is 18.8 Å². The van der Waals surface area contributed by atoms with Crippen molar-refractivity contribution in [3.05, 3.63) is 11.9 Å². The number of nitrogens with one attached hydrogen (secondary N) is 1. The predicted octanol–water partition coefficient (Wildman–Crippen LogP) is 0.441. The summed E-state index contributed by atoms with van der Waals surface area (Å²) in [6.07, 6.45) is 2.83. The van der Waals surface area contributed by atoms with Crippen molar-refractivity contribution in [3.63, 3.8) is 0 Å². The summed E-state index contributed by atoms with van der Waals surface area (Å²) < 4.78 is 5.12. The fourth-order valence-corrected chi connectivity index (χ4v) is 2.74. The lowest BCUT2D eigenvalue weighted by molar-refractivity contribution is 0.178. The Labute approximate surface area is 125 Å². The van der Waals surface area contributed by atoms with Crippen molar-refractivity contribution in [1.29, 1.82) is 0 Å². The number of nitrogens with two attached hydrogens (primary N) is 1. The molecule has 0 amide bonds. The van der Waals surface area contributed by atoms with E-state index in [2.05, 4.69) is 25.2 Å². The number of anilines is 2. The van der Waals surface area contributed by atoms with Gasteiger partial charge in [0.2, 0.25) is 0 Å². The molecular formula is C14H24N6O. The lowest BCUT2D eigenvalue weighted by Crippen LogP contribution is -2.47. The maximum Gasteiger partial charge on any atom is 0.158 e. The van der Waals surface area contributed by atoms with Crippen LogP contribution in [0.2, 0.25) is 0 Å². The molecule has 7 nitrogen and oxygen atoms in total. The van der Waals surface area contributed by atoms with Crippen LogP contribution in [0.15, 0.2) is 6.07 Å². The van der Waals surface area contributed by atoms with Gasteiger partial charge in [-0.25, -0.2) is 15.8 Å². The summed E-state index contributed by atoms with van der Waals surface area (Å²) in [7, 11) is 1.64. The zero-order valence-corrected chi connectivity index (χ0v) is 12.6. The Morgan fingerprint density at radius 3 is 2.67 bits per heavy atom. The van der Waals surface area contributed by atoms with Crippen LogP contribution in [0.4, 0.5) is 11.6 Å². The van der Waals surface area contributed by atoms with Gasteiger partial charge in [-0.2, -0.15) is 0 Å². The van der Waals surface area contributed by atoms with Crippen molar-refractivity contribution in [2.45, 2.75) is 19.4 Å². The first kappa shape index (κ1) is 14.5. The number of piperazine rings is 1. The minimum Gasteiger partial charge on any atom is -0.377 e. The monoisotopic (exact) mass is 292 g/mol. The van der Waals surface area contributed by atoms with E-state index in [9.17, 15) is 0 Å². The predicted molar refractivity (Wildman–Crippen MR) is 81.9 cm³/mol. The van der Waals surface area contributed by atoms with Crippen molar-refractivity contribution in [1.82, 2.24) is 14.9 Å². The smallest absolute Gasteiger partial charge is 0.158 e. The molecule has 1 saturated carbocycles. The van der Waals surface area contributed by atoms with Crippen molar-refractivity contribution in [2.75, 3.05) is 50.2 Å². The highest BCUT2D eigenvalue weighted by molar-refractivity contribution is 5.49. The zero-order chi connectivity index (χ0) is 14.7. The summed E-state index contributed by atoms with van der Waals surface area (Å²) in [5.74, 6) is 8.66. The normalized spacial score (nSPS) is 19.8. The number of nitrogens with zero attached hydrogens (tertiary/aromatic N) is 4. The Bertz CT molecular complexity index is 471. The highest BCUT2D eigenvalue weighted by Crippen LogP contribution is 2.30. The van der Waals surface area contributed by atoms with Gasteiger partial charge in [-0.3, -0.25) is 4.90 Å². The molecule has 21 heavy (non-hydrogen) atoms. The molecule has 1 aliphatic heterocycles. The van der Waals surface area contributed by atoms with Crippen molar-refractivity contribution in [2.24, 2.45) is 11.8 Å². The Hall–Kier alpha value is -1.44. The number of rotatable bonds is 6. The number of ether oxygens (including phenoxy) is 1. The standard InChI is InChI=1S/C14H24N6O/c1-21-10-13-16-12(18-15)8-14(17-13)20-6-4-19(5-7-20)9-11-2-3-11/h8,11H,2-7,9-10,15H2,1H3,(H,16,17,18). The Balaban J connectivity index is 1.64. The van der Waals surface area contributed by atoms with Crippen molar-refractivity contribution in [3.8, 4) is 0 Å². The van der Waals surface area contributed by atoms with Gasteiger partial charge in [-0.15, -0.1) is 0 Å². The van der Waals surface area contributed by atoms with Crippen LogP contribution in [0.5, 0.6) is 0 Å². The van der Waals surface area contributed by atoms with E-state index in [-0.39, 0.29) is 0 Å². The van der Waals surface area contributed by atoms with E-state index in [1.807, 2.05) is 6.07 Å². The zero-order valence-electron chi connectivity index (χ0n) is 12.6. The Morgan fingerprint density at radius 2 is 2.05 bits per heavy atom. The van der Waals surface area contributed by atoms with Gasteiger partial charge in [0, 0.05) is 45.9 Å². The van der Waals surface area contributed by atoms with E-state index in [1.165, 1.54) is 19.4 Å². The highest BCUT2D eigenvalue weighted by Gasteiger charge is 2.26.